The number of amides is 1. The number of likely N-dealkylation sites (N-methyl/N-ethyl adjacent to an activating group) is 1. The third kappa shape index (κ3) is 4.54. The first kappa shape index (κ1) is 22.7. The van der Waals surface area contributed by atoms with Crippen LogP contribution in [-0.4, -0.2) is 56.4 Å². The molecule has 1 saturated heterocycles. The maximum absolute atomic E-state index is 12.9. The summed E-state index contributed by atoms with van der Waals surface area (Å²) in [5, 5.41) is 0.237. The highest BCUT2D eigenvalue weighted by molar-refractivity contribution is 7.91. The Morgan fingerprint density at radius 1 is 1.12 bits per heavy atom. The maximum Gasteiger partial charge on any atom is 0.342 e. The van der Waals surface area contributed by atoms with E-state index in [9.17, 15) is 22.8 Å². The fourth-order valence-corrected chi connectivity index (χ4v) is 5.70. The Balaban J connectivity index is 1.59. The van der Waals surface area contributed by atoms with Crippen LogP contribution in [0.3, 0.4) is 0 Å². The number of nitrogens with zero attached hydrogens (tertiary/aromatic N) is 1. The Hall–Kier alpha value is -3.46. The predicted molar refractivity (Wildman–Crippen MR) is 123 cm³/mol. The van der Waals surface area contributed by atoms with Crippen LogP contribution in [0, 0.1) is 6.92 Å². The Morgan fingerprint density at radius 2 is 1.85 bits per heavy atom. The average Bonchev–Trinajstić information content (AvgIpc) is 3.18. The average molecular weight is 470 g/mol. The number of carbonyl (C=O) groups excluding carboxylic acids is 2. The minimum Gasteiger partial charge on any atom is -0.455 e. The summed E-state index contributed by atoms with van der Waals surface area (Å²) >= 11 is 0. The van der Waals surface area contributed by atoms with E-state index in [2.05, 4.69) is 0 Å². The number of esters is 1. The molecular weight excluding hydrogens is 446 g/mol. The molecule has 1 atom stereocenters. The Labute approximate surface area is 190 Å². The Morgan fingerprint density at radius 3 is 2.52 bits per heavy atom. The fraction of sp³-hybridized carbons (Fsp3) is 0.292. The summed E-state index contributed by atoms with van der Waals surface area (Å²) in [6.45, 7) is 1.11. The molecule has 33 heavy (non-hydrogen) atoms. The lowest BCUT2D eigenvalue weighted by Crippen LogP contribution is -2.40. The highest BCUT2D eigenvalue weighted by atomic mass is 32.2. The first-order chi connectivity index (χ1) is 15.7. The van der Waals surface area contributed by atoms with Crippen LogP contribution < -0.4 is 5.43 Å². The van der Waals surface area contributed by atoms with Crippen molar-refractivity contribution in [1.82, 2.24) is 4.90 Å². The van der Waals surface area contributed by atoms with Crippen LogP contribution in [0.15, 0.2) is 57.7 Å². The van der Waals surface area contributed by atoms with Gasteiger partial charge in [0.05, 0.1) is 16.9 Å². The molecule has 0 spiro atoms. The van der Waals surface area contributed by atoms with E-state index in [0.717, 1.165) is 0 Å². The molecule has 0 saturated carbocycles. The van der Waals surface area contributed by atoms with Gasteiger partial charge < -0.3 is 14.1 Å². The van der Waals surface area contributed by atoms with Gasteiger partial charge in [-0.3, -0.25) is 9.59 Å². The van der Waals surface area contributed by atoms with Crippen molar-refractivity contribution in [3.8, 4) is 11.3 Å². The van der Waals surface area contributed by atoms with E-state index < -0.39 is 34.4 Å². The molecule has 9 heteroatoms. The van der Waals surface area contributed by atoms with Gasteiger partial charge in [-0.05, 0) is 25.5 Å². The largest absolute Gasteiger partial charge is 0.455 e. The summed E-state index contributed by atoms with van der Waals surface area (Å²) in [6.07, 6.45) is 0.356. The van der Waals surface area contributed by atoms with Crippen LogP contribution in [-0.2, 0) is 19.4 Å². The van der Waals surface area contributed by atoms with E-state index in [0.29, 0.717) is 23.3 Å². The normalized spacial score (nSPS) is 17.1. The topological polar surface area (TPSA) is 111 Å². The van der Waals surface area contributed by atoms with Crippen molar-refractivity contribution in [1.29, 1.82) is 0 Å². The van der Waals surface area contributed by atoms with Gasteiger partial charge in [0.15, 0.2) is 27.5 Å². The summed E-state index contributed by atoms with van der Waals surface area (Å²) in [6, 6.07) is 13.2. The number of rotatable bonds is 5. The van der Waals surface area contributed by atoms with Gasteiger partial charge in [-0.2, -0.15) is 0 Å². The van der Waals surface area contributed by atoms with E-state index >= 15 is 0 Å². The Kier molecular flexibility index (Phi) is 6.07. The molecule has 1 aliphatic heterocycles. The van der Waals surface area contributed by atoms with Gasteiger partial charge in [0.1, 0.15) is 11.3 Å². The molecule has 1 amide bonds. The first-order valence-electron chi connectivity index (χ1n) is 10.4. The number of hydrogen-bond acceptors (Lipinski definition) is 7. The van der Waals surface area contributed by atoms with Gasteiger partial charge in [-0.1, -0.05) is 36.4 Å². The molecule has 0 aliphatic carbocycles. The zero-order chi connectivity index (χ0) is 23.8. The number of hydrogen-bond donors (Lipinski definition) is 0. The molecule has 8 nitrogen and oxygen atoms in total. The number of benzene rings is 2. The van der Waals surface area contributed by atoms with Crippen LogP contribution in [0.4, 0.5) is 0 Å². The van der Waals surface area contributed by atoms with E-state index in [1.807, 2.05) is 18.2 Å². The number of para-hydroxylation sites is 1. The lowest BCUT2D eigenvalue weighted by Gasteiger charge is -2.23. The van der Waals surface area contributed by atoms with E-state index in [1.165, 1.54) is 18.0 Å². The molecule has 2 heterocycles. The zero-order valence-electron chi connectivity index (χ0n) is 18.2. The smallest absolute Gasteiger partial charge is 0.342 e. The van der Waals surface area contributed by atoms with Gasteiger partial charge >= 0.3 is 5.97 Å². The third-order valence-corrected chi connectivity index (χ3v) is 7.63. The second-order valence-corrected chi connectivity index (χ2v) is 10.3. The number of ether oxygens (including phenoxy) is 1. The summed E-state index contributed by atoms with van der Waals surface area (Å²) in [7, 11) is -1.66. The summed E-state index contributed by atoms with van der Waals surface area (Å²) in [5.74, 6) is -1.03. The second-order valence-electron chi connectivity index (χ2n) is 8.07. The first-order valence-corrected chi connectivity index (χ1v) is 12.2. The zero-order valence-corrected chi connectivity index (χ0v) is 19.1. The van der Waals surface area contributed by atoms with Gasteiger partial charge in [-0.15, -0.1) is 0 Å². The van der Waals surface area contributed by atoms with E-state index in [-0.39, 0.29) is 33.5 Å². The SMILES string of the molecule is Cc1c(-c2ccccc2)oc2c(C(=O)OCC(=O)N(C)[C@H]3CCS(=O)(=O)C3)cccc2c1=O. The molecule has 0 bridgehead atoms. The van der Waals surface area contributed by atoms with Crippen molar-refractivity contribution in [2.75, 3.05) is 25.2 Å². The summed E-state index contributed by atoms with van der Waals surface area (Å²) in [5.41, 5.74) is 0.964. The van der Waals surface area contributed by atoms with Crippen LogP contribution >= 0.6 is 0 Å². The summed E-state index contributed by atoms with van der Waals surface area (Å²) in [4.78, 5) is 39.5. The maximum atomic E-state index is 12.9. The number of sulfone groups is 1. The molecule has 0 radical (unpaired) electrons. The quantitative estimate of drug-likeness (QED) is 0.528. The lowest BCUT2D eigenvalue weighted by molar-refractivity contribution is -0.134. The molecule has 4 rings (SSSR count). The van der Waals surface area contributed by atoms with Crippen LogP contribution in [0.25, 0.3) is 22.3 Å². The van der Waals surface area contributed by atoms with Gasteiger partial charge in [-0.25, -0.2) is 13.2 Å². The number of fused-ring (bicyclic) bond motifs is 1. The minimum absolute atomic E-state index is 0.0284. The van der Waals surface area contributed by atoms with E-state index in [1.54, 1.807) is 31.2 Å². The molecular formula is C24H23NO7S. The molecule has 1 fully saturated rings. The van der Waals surface area contributed by atoms with Gasteiger partial charge in [0.25, 0.3) is 5.91 Å². The number of carbonyl (C=O) groups is 2. The van der Waals surface area contributed by atoms with Crippen molar-refractivity contribution >= 4 is 32.7 Å². The molecule has 0 unspecified atom stereocenters. The molecule has 2 aromatic carbocycles. The molecule has 172 valence electrons. The van der Waals surface area contributed by atoms with Crippen molar-refractivity contribution in [3.63, 3.8) is 0 Å². The minimum atomic E-state index is -3.15. The third-order valence-electron chi connectivity index (χ3n) is 5.88. The van der Waals surface area contributed by atoms with Crippen LogP contribution in [0.2, 0.25) is 0 Å². The van der Waals surface area contributed by atoms with E-state index in [4.69, 9.17) is 9.15 Å². The molecule has 1 aliphatic rings. The highest BCUT2D eigenvalue weighted by Gasteiger charge is 2.33. The standard InChI is InChI=1S/C24H23NO7S/c1-15-21(27)18-9-6-10-19(23(18)32-22(15)16-7-4-3-5-8-16)24(28)31-13-20(26)25(2)17-11-12-33(29,30)14-17/h3-10,17H,11-14H2,1-2H3/t17-/m0/s1. The van der Waals surface area contributed by atoms with Crippen molar-refractivity contribution in [2.24, 2.45) is 0 Å². The van der Waals surface area contributed by atoms with Crippen molar-refractivity contribution in [2.45, 2.75) is 19.4 Å². The van der Waals surface area contributed by atoms with Crippen LogP contribution in [0.1, 0.15) is 22.3 Å². The second kappa shape index (κ2) is 8.82. The van der Waals surface area contributed by atoms with Crippen molar-refractivity contribution < 1.29 is 27.2 Å². The Bertz CT molecular complexity index is 1390. The monoisotopic (exact) mass is 469 g/mol. The molecule has 1 aromatic heterocycles. The molecule has 0 N–H and O–H groups in total. The van der Waals surface area contributed by atoms with Crippen molar-refractivity contribution in [3.05, 3.63) is 69.9 Å². The predicted octanol–water partition coefficient (Wildman–Crippen LogP) is 2.57. The highest BCUT2D eigenvalue weighted by Crippen LogP contribution is 2.27. The van der Waals surface area contributed by atoms with Gasteiger partial charge in [0, 0.05) is 24.2 Å². The lowest BCUT2D eigenvalue weighted by atomic mass is 10.0. The fourth-order valence-electron chi connectivity index (χ4n) is 3.93. The summed E-state index contributed by atoms with van der Waals surface area (Å²) < 4.78 is 34.5. The van der Waals surface area contributed by atoms with Gasteiger partial charge in [0.2, 0.25) is 0 Å². The molecule has 3 aromatic rings. The van der Waals surface area contributed by atoms with Crippen LogP contribution in [0.5, 0.6) is 0 Å².